The van der Waals surface area contributed by atoms with Gasteiger partial charge in [-0.3, -0.25) is 4.79 Å². The standard InChI is InChI=1S/C18H15F2N5O/c1-11(26)22-12-5-7-13(8-6-12)23-16-9-10-21-18(24-16)25-17-14(19)3-2-4-15(17)20/h2-10H,1H3,(H,22,26)(H2,21,23,24,25). The summed E-state index contributed by atoms with van der Waals surface area (Å²) < 4.78 is 27.4. The number of para-hydroxylation sites is 1. The number of anilines is 5. The third kappa shape index (κ3) is 4.29. The maximum Gasteiger partial charge on any atom is 0.229 e. The van der Waals surface area contributed by atoms with Crippen LogP contribution in [0.25, 0.3) is 0 Å². The molecule has 2 aromatic carbocycles. The molecule has 1 aromatic heterocycles. The molecule has 3 rings (SSSR count). The Hall–Kier alpha value is -3.55. The first-order chi connectivity index (χ1) is 12.5. The third-order valence-electron chi connectivity index (χ3n) is 3.33. The van der Waals surface area contributed by atoms with Crippen LogP contribution in [0.2, 0.25) is 0 Å². The van der Waals surface area contributed by atoms with Gasteiger partial charge in [0.25, 0.3) is 0 Å². The zero-order valence-corrected chi connectivity index (χ0v) is 13.8. The summed E-state index contributed by atoms with van der Waals surface area (Å²) in [7, 11) is 0. The van der Waals surface area contributed by atoms with Crippen molar-refractivity contribution in [2.24, 2.45) is 0 Å². The molecule has 0 unspecified atom stereocenters. The fourth-order valence-corrected chi connectivity index (χ4v) is 2.21. The van der Waals surface area contributed by atoms with Gasteiger partial charge in [0, 0.05) is 24.5 Å². The van der Waals surface area contributed by atoms with Crippen molar-refractivity contribution in [3.05, 3.63) is 66.4 Å². The highest BCUT2D eigenvalue weighted by Gasteiger charge is 2.10. The van der Waals surface area contributed by atoms with Gasteiger partial charge in [-0.05, 0) is 42.5 Å². The van der Waals surface area contributed by atoms with E-state index in [9.17, 15) is 13.6 Å². The van der Waals surface area contributed by atoms with Gasteiger partial charge in [-0.2, -0.15) is 4.98 Å². The molecule has 3 aromatic rings. The van der Waals surface area contributed by atoms with Crippen LogP contribution in [0.3, 0.4) is 0 Å². The van der Waals surface area contributed by atoms with Crippen molar-refractivity contribution in [1.29, 1.82) is 0 Å². The van der Waals surface area contributed by atoms with Crippen LogP contribution in [-0.4, -0.2) is 15.9 Å². The van der Waals surface area contributed by atoms with E-state index in [-0.39, 0.29) is 17.5 Å². The molecule has 0 saturated heterocycles. The van der Waals surface area contributed by atoms with Gasteiger partial charge in [-0.15, -0.1) is 0 Å². The highest BCUT2D eigenvalue weighted by atomic mass is 19.1. The van der Waals surface area contributed by atoms with Gasteiger partial charge in [0.2, 0.25) is 11.9 Å². The van der Waals surface area contributed by atoms with Gasteiger partial charge in [0.15, 0.2) is 0 Å². The molecule has 0 aliphatic heterocycles. The largest absolute Gasteiger partial charge is 0.340 e. The smallest absolute Gasteiger partial charge is 0.229 e. The molecule has 8 heteroatoms. The third-order valence-corrected chi connectivity index (χ3v) is 3.33. The number of aromatic nitrogens is 2. The van der Waals surface area contributed by atoms with E-state index < -0.39 is 11.6 Å². The second-order valence-electron chi connectivity index (χ2n) is 5.37. The monoisotopic (exact) mass is 355 g/mol. The number of nitrogens with one attached hydrogen (secondary N) is 3. The van der Waals surface area contributed by atoms with Gasteiger partial charge in [-0.1, -0.05) is 6.07 Å². The summed E-state index contributed by atoms with van der Waals surface area (Å²) in [6.45, 7) is 1.43. The van der Waals surface area contributed by atoms with Gasteiger partial charge in [-0.25, -0.2) is 13.8 Å². The van der Waals surface area contributed by atoms with E-state index in [1.807, 2.05) is 0 Å². The van der Waals surface area contributed by atoms with E-state index in [0.29, 0.717) is 11.5 Å². The summed E-state index contributed by atoms with van der Waals surface area (Å²) in [6.07, 6.45) is 1.46. The van der Waals surface area contributed by atoms with Crippen LogP contribution < -0.4 is 16.0 Å². The van der Waals surface area contributed by atoms with Crippen molar-refractivity contribution in [3.8, 4) is 0 Å². The van der Waals surface area contributed by atoms with Crippen LogP contribution in [0.4, 0.5) is 37.6 Å². The Morgan fingerprint density at radius 3 is 2.23 bits per heavy atom. The Morgan fingerprint density at radius 2 is 1.58 bits per heavy atom. The minimum Gasteiger partial charge on any atom is -0.340 e. The molecule has 0 aliphatic carbocycles. The summed E-state index contributed by atoms with van der Waals surface area (Å²) in [5.74, 6) is -1.14. The Morgan fingerprint density at radius 1 is 0.923 bits per heavy atom. The maximum atomic E-state index is 13.7. The highest BCUT2D eigenvalue weighted by Crippen LogP contribution is 2.23. The van der Waals surface area contributed by atoms with Crippen molar-refractivity contribution in [2.75, 3.05) is 16.0 Å². The SMILES string of the molecule is CC(=O)Nc1ccc(Nc2ccnc(Nc3c(F)cccc3F)n2)cc1. The average molecular weight is 355 g/mol. The highest BCUT2D eigenvalue weighted by molar-refractivity contribution is 5.88. The summed E-state index contributed by atoms with van der Waals surface area (Å²) >= 11 is 0. The average Bonchev–Trinajstić information content (AvgIpc) is 2.60. The zero-order chi connectivity index (χ0) is 18.5. The first-order valence-corrected chi connectivity index (χ1v) is 7.70. The van der Waals surface area contributed by atoms with Crippen LogP contribution in [0.5, 0.6) is 0 Å². The van der Waals surface area contributed by atoms with E-state index in [0.717, 1.165) is 17.8 Å². The number of rotatable bonds is 5. The number of carbonyl (C=O) groups is 1. The number of hydrogen-bond acceptors (Lipinski definition) is 5. The van der Waals surface area contributed by atoms with Crippen LogP contribution >= 0.6 is 0 Å². The maximum absolute atomic E-state index is 13.7. The van der Waals surface area contributed by atoms with E-state index in [1.54, 1.807) is 30.3 Å². The van der Waals surface area contributed by atoms with Crippen molar-refractivity contribution < 1.29 is 13.6 Å². The Kier molecular flexibility index (Phi) is 5.02. The van der Waals surface area contributed by atoms with Crippen LogP contribution in [0.1, 0.15) is 6.92 Å². The van der Waals surface area contributed by atoms with Crippen LogP contribution in [0.15, 0.2) is 54.7 Å². The second kappa shape index (κ2) is 7.56. The molecule has 0 bridgehead atoms. The summed E-state index contributed by atoms with van der Waals surface area (Å²) in [6, 6.07) is 12.2. The molecule has 26 heavy (non-hydrogen) atoms. The number of amides is 1. The van der Waals surface area contributed by atoms with Gasteiger partial charge < -0.3 is 16.0 Å². The van der Waals surface area contributed by atoms with E-state index in [4.69, 9.17) is 0 Å². The fraction of sp³-hybridized carbons (Fsp3) is 0.0556. The molecule has 0 saturated carbocycles. The molecule has 0 fully saturated rings. The topological polar surface area (TPSA) is 78.9 Å². The normalized spacial score (nSPS) is 10.3. The summed E-state index contributed by atoms with van der Waals surface area (Å²) in [5, 5.41) is 8.26. The molecule has 0 spiro atoms. The number of hydrogen-bond donors (Lipinski definition) is 3. The molecule has 1 amide bonds. The minimum atomic E-state index is -0.736. The Bertz CT molecular complexity index is 911. The Balaban J connectivity index is 1.74. The number of halogens is 2. The van der Waals surface area contributed by atoms with Crippen molar-refractivity contribution >= 4 is 34.7 Å². The lowest BCUT2D eigenvalue weighted by atomic mass is 10.2. The van der Waals surface area contributed by atoms with Crippen molar-refractivity contribution in [3.63, 3.8) is 0 Å². The van der Waals surface area contributed by atoms with Crippen LogP contribution in [0, 0.1) is 11.6 Å². The first-order valence-electron chi connectivity index (χ1n) is 7.70. The molecule has 6 nitrogen and oxygen atoms in total. The van der Waals surface area contributed by atoms with Crippen molar-refractivity contribution in [1.82, 2.24) is 9.97 Å². The van der Waals surface area contributed by atoms with Crippen LogP contribution in [-0.2, 0) is 4.79 Å². The quantitative estimate of drug-likeness (QED) is 0.639. The molecule has 132 valence electrons. The van der Waals surface area contributed by atoms with Gasteiger partial charge >= 0.3 is 0 Å². The van der Waals surface area contributed by atoms with Gasteiger partial charge in [0.05, 0.1) is 0 Å². The Labute approximate surface area is 148 Å². The van der Waals surface area contributed by atoms with E-state index in [2.05, 4.69) is 25.9 Å². The summed E-state index contributed by atoms with van der Waals surface area (Å²) in [4.78, 5) is 19.2. The summed E-state index contributed by atoms with van der Waals surface area (Å²) in [5.41, 5.74) is 1.08. The van der Waals surface area contributed by atoms with E-state index in [1.165, 1.54) is 19.2 Å². The van der Waals surface area contributed by atoms with Gasteiger partial charge in [0.1, 0.15) is 23.1 Å². The lowest BCUT2D eigenvalue weighted by Crippen LogP contribution is -2.05. The molecule has 1 heterocycles. The molecular formula is C18H15F2N5O. The zero-order valence-electron chi connectivity index (χ0n) is 13.8. The predicted molar refractivity (Wildman–Crippen MR) is 95.7 cm³/mol. The number of carbonyl (C=O) groups excluding carboxylic acids is 1. The molecule has 3 N–H and O–H groups in total. The molecule has 0 radical (unpaired) electrons. The van der Waals surface area contributed by atoms with E-state index >= 15 is 0 Å². The first kappa shape index (κ1) is 17.3. The minimum absolute atomic E-state index is 0.0499. The fourth-order valence-electron chi connectivity index (χ4n) is 2.21. The molecular weight excluding hydrogens is 340 g/mol. The second-order valence-corrected chi connectivity index (χ2v) is 5.37. The predicted octanol–water partition coefficient (Wildman–Crippen LogP) is 4.20. The number of nitrogens with zero attached hydrogens (tertiary/aromatic N) is 2. The molecule has 0 atom stereocenters. The molecule has 0 aliphatic rings. The number of benzene rings is 2. The lowest BCUT2D eigenvalue weighted by molar-refractivity contribution is -0.114. The van der Waals surface area contributed by atoms with Crippen molar-refractivity contribution in [2.45, 2.75) is 6.92 Å². The lowest BCUT2D eigenvalue weighted by Gasteiger charge is -2.10.